The molecule has 0 aliphatic heterocycles. The van der Waals surface area contributed by atoms with Gasteiger partial charge >= 0.3 is 27.0 Å². The molecule has 1 aliphatic rings. The summed E-state index contributed by atoms with van der Waals surface area (Å²) in [5.41, 5.74) is 9.01. The predicted octanol–water partition coefficient (Wildman–Crippen LogP) is 8.16. The zero-order chi connectivity index (χ0) is 28.5. The van der Waals surface area contributed by atoms with E-state index in [1.165, 1.54) is 29.6 Å². The molecule has 1 saturated carbocycles. The van der Waals surface area contributed by atoms with Gasteiger partial charge in [0.2, 0.25) is 0 Å². The van der Waals surface area contributed by atoms with Crippen LogP contribution in [0.2, 0.25) is 0 Å². The molecule has 2 atom stereocenters. The van der Waals surface area contributed by atoms with Gasteiger partial charge in [0, 0.05) is 10.9 Å². The topological polar surface area (TPSA) is 74.3 Å². The van der Waals surface area contributed by atoms with E-state index in [-0.39, 0.29) is 4.90 Å². The van der Waals surface area contributed by atoms with Gasteiger partial charge in [-0.3, -0.25) is 0 Å². The van der Waals surface area contributed by atoms with E-state index in [4.69, 9.17) is 5.73 Å². The number of aryl methyl sites for hydroxylation is 1. The molecular formula is C31H36ClN2O2RhS+. The average Bonchev–Trinajstić information content (AvgIpc) is 3.11. The zero-order valence-electron chi connectivity index (χ0n) is 22.7. The molecule has 0 aromatic heterocycles. The van der Waals surface area contributed by atoms with Gasteiger partial charge in [0.15, 0.2) is 0 Å². The molecule has 0 saturated heterocycles. The zero-order valence-corrected chi connectivity index (χ0v) is 25.9. The van der Waals surface area contributed by atoms with Crippen LogP contribution in [0.4, 0.5) is 0 Å². The second-order valence-electron chi connectivity index (χ2n) is 9.31. The van der Waals surface area contributed by atoms with Crippen molar-refractivity contribution in [1.29, 1.82) is 0 Å². The van der Waals surface area contributed by atoms with Crippen molar-refractivity contribution in [2.75, 3.05) is 0 Å². The van der Waals surface area contributed by atoms with Crippen LogP contribution in [0.3, 0.4) is 0 Å². The van der Waals surface area contributed by atoms with Gasteiger partial charge in [0.25, 0.3) is 0 Å². The molecule has 1 fully saturated rings. The number of rotatable bonds is 6. The fourth-order valence-electron chi connectivity index (χ4n) is 4.17. The first-order valence-corrected chi connectivity index (χ1v) is 15.8. The molecule has 0 bridgehead atoms. The van der Waals surface area contributed by atoms with Crippen molar-refractivity contribution in [3.8, 4) is 0 Å². The molecule has 4 rings (SSSR count). The third-order valence-electron chi connectivity index (χ3n) is 7.05. The van der Waals surface area contributed by atoms with Gasteiger partial charge < -0.3 is 10.5 Å². The van der Waals surface area contributed by atoms with Gasteiger partial charge in [-0.2, -0.15) is 0 Å². The Labute approximate surface area is 244 Å². The first-order chi connectivity index (χ1) is 18.0. The molecule has 38 heavy (non-hydrogen) atoms. The van der Waals surface area contributed by atoms with Gasteiger partial charge in [-0.25, -0.2) is 8.42 Å². The summed E-state index contributed by atoms with van der Waals surface area (Å²) in [4.78, 5) is 0.171. The predicted molar refractivity (Wildman–Crippen MR) is 155 cm³/mol. The van der Waals surface area contributed by atoms with Gasteiger partial charge in [-0.15, -0.1) is 0 Å². The van der Waals surface area contributed by atoms with E-state index in [9.17, 15) is 8.42 Å². The Morgan fingerprint density at radius 3 is 1.39 bits per heavy atom. The normalized spacial score (nSPS) is 17.2. The second-order valence-corrected chi connectivity index (χ2v) is 10.9. The Hall–Kier alpha value is -1.56. The van der Waals surface area contributed by atoms with Crippen LogP contribution in [-0.4, -0.2) is 8.42 Å². The molecule has 3 aromatic carbocycles. The van der Waals surface area contributed by atoms with Crippen LogP contribution in [0.25, 0.3) is 4.72 Å². The molecule has 7 heteroatoms. The summed E-state index contributed by atoms with van der Waals surface area (Å²) in [6, 6.07) is 24.1. The minimum absolute atomic E-state index is 0.171. The molecule has 2 N–H and O–H groups in total. The summed E-state index contributed by atoms with van der Waals surface area (Å²) in [5, 5.41) is 0. The van der Waals surface area contributed by atoms with E-state index >= 15 is 0 Å². The quantitative estimate of drug-likeness (QED) is 0.277. The summed E-state index contributed by atoms with van der Waals surface area (Å²) in [7, 11) is 0.696. The molecule has 3 aromatic rings. The van der Waals surface area contributed by atoms with Crippen molar-refractivity contribution < 1.29 is 25.7 Å². The number of hydrogen-bond acceptors (Lipinski definition) is 3. The standard InChI is InChI=1S/C21H21N2O2S.C10H15.ClH.Rh/c1-16-12-14-19(15-13-16)26(24,25)23-21(18-10-6-3-7-11-18)20(22)17-8-4-2-5-9-17;1-6-7(2)9(4)10(5)8(6)3;;/h2-15,20-21H,22H2,1H3;1-5H3;1H;/q-1;;;+3/p-1/t20-,21-;;;/m0.../s1. The molecule has 0 unspecified atom stereocenters. The molecule has 4 nitrogen and oxygen atoms in total. The molecule has 0 heterocycles. The average molecular weight is 639 g/mol. The molecule has 203 valence electrons. The van der Waals surface area contributed by atoms with E-state index in [2.05, 4.69) is 49.0 Å². The molecule has 0 amide bonds. The van der Waals surface area contributed by atoms with E-state index in [0.717, 1.165) is 16.7 Å². The maximum absolute atomic E-state index is 12.8. The van der Waals surface area contributed by atoms with Crippen LogP contribution >= 0.6 is 9.69 Å². The molecule has 1 aliphatic carbocycles. The van der Waals surface area contributed by atoms with Gasteiger partial charge in [-0.1, -0.05) is 125 Å². The number of hydrogen-bond donors (Lipinski definition) is 1. The first kappa shape index (κ1) is 32.7. The summed E-state index contributed by atoms with van der Waals surface area (Å²) in [5.74, 6) is 7.34. The first-order valence-electron chi connectivity index (χ1n) is 12.2. The van der Waals surface area contributed by atoms with Crippen molar-refractivity contribution in [2.24, 2.45) is 5.73 Å². The summed E-state index contributed by atoms with van der Waals surface area (Å²) in [6.07, 6.45) is 0. The Bertz CT molecular complexity index is 1150. The number of benzene rings is 3. The van der Waals surface area contributed by atoms with Gasteiger partial charge in [0.1, 0.15) is 10.0 Å². The van der Waals surface area contributed by atoms with Crippen LogP contribution in [0.1, 0.15) is 63.4 Å². The summed E-state index contributed by atoms with van der Waals surface area (Å²) < 4.78 is 29.9. The minimum atomic E-state index is -3.83. The van der Waals surface area contributed by atoms with E-state index in [1.807, 2.05) is 84.9 Å². The Balaban J connectivity index is 0.000000353. The summed E-state index contributed by atoms with van der Waals surface area (Å²) in [6.45, 7) is 12.9. The van der Waals surface area contributed by atoms with Crippen molar-refractivity contribution in [3.05, 3.63) is 136 Å². The third-order valence-corrected chi connectivity index (χ3v) is 8.42. The van der Waals surface area contributed by atoms with Crippen molar-refractivity contribution in [2.45, 2.75) is 58.5 Å². The van der Waals surface area contributed by atoms with Gasteiger partial charge in [-0.05, 0) is 54.2 Å². The Kier molecular flexibility index (Phi) is 13.1. The van der Waals surface area contributed by atoms with Crippen LogP contribution in [0.15, 0.2) is 89.8 Å². The van der Waals surface area contributed by atoms with E-state index in [0.29, 0.717) is 0 Å². The maximum atomic E-state index is 12.8. The Morgan fingerprint density at radius 1 is 0.632 bits per heavy atom. The second kappa shape index (κ2) is 15.3. The number of halogens is 1. The SMILES string of the molecule is C[C]1[C](C)[C](C)[C](C)[C]1C.Cc1ccc(S(=O)(=O)[N-][C@@H](c2ccccc2)[C@@H](N)c2ccccc2)cc1.[Cl][Rh+2]. The Morgan fingerprint density at radius 2 is 1.00 bits per heavy atom. The fraction of sp³-hybridized carbons (Fsp3) is 0.258. The molecule has 0 spiro atoms. The van der Waals surface area contributed by atoms with Crippen molar-refractivity contribution >= 4 is 19.7 Å². The molecular weight excluding hydrogens is 603 g/mol. The third kappa shape index (κ3) is 8.47. The summed E-state index contributed by atoms with van der Waals surface area (Å²) >= 11 is 2.02. The van der Waals surface area contributed by atoms with Crippen LogP contribution in [-0.2, 0) is 27.3 Å². The number of nitrogens with two attached hydrogens (primary N) is 1. The number of nitrogens with zero attached hydrogens (tertiary/aromatic N) is 1. The fourth-order valence-corrected chi connectivity index (χ4v) is 5.32. The van der Waals surface area contributed by atoms with E-state index < -0.39 is 22.1 Å². The monoisotopic (exact) mass is 638 g/mol. The van der Waals surface area contributed by atoms with Gasteiger partial charge in [0.05, 0.1) is 0 Å². The molecule has 5 radical (unpaired) electrons. The van der Waals surface area contributed by atoms with Crippen molar-refractivity contribution in [3.63, 3.8) is 0 Å². The van der Waals surface area contributed by atoms with E-state index in [1.54, 1.807) is 24.3 Å². The van der Waals surface area contributed by atoms with Crippen LogP contribution < -0.4 is 5.73 Å². The van der Waals surface area contributed by atoms with Crippen LogP contribution in [0, 0.1) is 36.5 Å². The van der Waals surface area contributed by atoms with Crippen LogP contribution in [0.5, 0.6) is 0 Å². The number of sulfonamides is 1. The van der Waals surface area contributed by atoms with Crippen molar-refractivity contribution in [1.82, 2.24) is 0 Å².